The molecule has 3 nitrogen and oxygen atoms in total. The topological polar surface area (TPSA) is 23.6 Å². The second-order valence-corrected chi connectivity index (χ2v) is 8.18. The van der Waals surface area contributed by atoms with Gasteiger partial charge in [0.05, 0.1) is 5.92 Å². The Kier molecular flexibility index (Phi) is 5.83. The summed E-state index contributed by atoms with van der Waals surface area (Å²) in [4.78, 5) is 17.2. The Morgan fingerprint density at radius 1 is 1.23 bits per heavy atom. The number of hydrogen-bond acceptors (Lipinski definition) is 3. The lowest BCUT2D eigenvalue weighted by Crippen LogP contribution is -2.47. The molecule has 2 fully saturated rings. The number of halogens is 1. The maximum absolute atomic E-state index is 12.7. The van der Waals surface area contributed by atoms with E-state index in [2.05, 4.69) is 43.9 Å². The van der Waals surface area contributed by atoms with Gasteiger partial charge in [-0.1, -0.05) is 34.1 Å². The van der Waals surface area contributed by atoms with Crippen LogP contribution in [0.5, 0.6) is 0 Å². The van der Waals surface area contributed by atoms with E-state index in [1.165, 1.54) is 5.56 Å². The van der Waals surface area contributed by atoms with E-state index in [1.807, 2.05) is 17.8 Å². The number of thioether (sulfide) groups is 1. The number of rotatable bonds is 3. The zero-order valence-corrected chi connectivity index (χ0v) is 15.2. The van der Waals surface area contributed by atoms with Crippen LogP contribution in [0.3, 0.4) is 0 Å². The number of carbonyl (C=O) groups is 1. The highest BCUT2D eigenvalue weighted by molar-refractivity contribution is 9.10. The van der Waals surface area contributed by atoms with E-state index in [0.717, 1.165) is 61.5 Å². The number of piperidine rings is 1. The van der Waals surface area contributed by atoms with Gasteiger partial charge < -0.3 is 4.90 Å². The van der Waals surface area contributed by atoms with Crippen LogP contribution in [0.1, 0.15) is 18.4 Å². The molecule has 5 heteroatoms. The van der Waals surface area contributed by atoms with Crippen molar-refractivity contribution in [3.8, 4) is 0 Å². The number of nitrogens with zero attached hydrogens (tertiary/aromatic N) is 2. The Hall–Kier alpha value is -0.520. The van der Waals surface area contributed by atoms with Gasteiger partial charge in [0.1, 0.15) is 0 Å². The molecule has 1 unspecified atom stereocenters. The molecule has 22 heavy (non-hydrogen) atoms. The molecule has 120 valence electrons. The van der Waals surface area contributed by atoms with Crippen molar-refractivity contribution in [3.05, 3.63) is 34.3 Å². The first-order valence-electron chi connectivity index (χ1n) is 8.06. The molecule has 1 aromatic carbocycles. The van der Waals surface area contributed by atoms with Crippen molar-refractivity contribution < 1.29 is 4.79 Å². The third-order valence-corrected chi connectivity index (χ3v) is 6.25. The number of amides is 1. The van der Waals surface area contributed by atoms with Gasteiger partial charge in [0.15, 0.2) is 0 Å². The molecular weight excluding hydrogens is 360 g/mol. The smallest absolute Gasteiger partial charge is 0.227 e. The van der Waals surface area contributed by atoms with Gasteiger partial charge in [-0.3, -0.25) is 9.69 Å². The molecule has 0 aliphatic carbocycles. The Bertz CT molecular complexity index is 519. The average molecular weight is 383 g/mol. The summed E-state index contributed by atoms with van der Waals surface area (Å²) >= 11 is 5.58. The Morgan fingerprint density at radius 3 is 2.77 bits per heavy atom. The van der Waals surface area contributed by atoms with Crippen LogP contribution in [0.25, 0.3) is 0 Å². The normalized spacial score (nSPS) is 23.5. The summed E-state index contributed by atoms with van der Waals surface area (Å²) in [6.45, 7) is 4.81. The van der Waals surface area contributed by atoms with Crippen LogP contribution in [0, 0.1) is 5.92 Å². The first-order valence-corrected chi connectivity index (χ1v) is 10.0. The van der Waals surface area contributed by atoms with E-state index in [4.69, 9.17) is 0 Å². The van der Waals surface area contributed by atoms with Crippen LogP contribution in [0.4, 0.5) is 0 Å². The Labute approximate surface area is 145 Å². The molecule has 2 aliphatic heterocycles. The van der Waals surface area contributed by atoms with Crippen LogP contribution < -0.4 is 0 Å². The fraction of sp³-hybridized carbons (Fsp3) is 0.588. The summed E-state index contributed by atoms with van der Waals surface area (Å²) in [7, 11) is 0. The highest BCUT2D eigenvalue weighted by Crippen LogP contribution is 2.24. The minimum Gasteiger partial charge on any atom is -0.341 e. The van der Waals surface area contributed by atoms with E-state index in [-0.39, 0.29) is 5.92 Å². The summed E-state index contributed by atoms with van der Waals surface area (Å²) in [6.07, 6.45) is 2.18. The van der Waals surface area contributed by atoms with Gasteiger partial charge in [-0.15, -0.1) is 0 Å². The van der Waals surface area contributed by atoms with Gasteiger partial charge in [-0.25, -0.2) is 0 Å². The van der Waals surface area contributed by atoms with E-state index >= 15 is 0 Å². The molecule has 0 radical (unpaired) electrons. The van der Waals surface area contributed by atoms with E-state index in [0.29, 0.717) is 5.91 Å². The van der Waals surface area contributed by atoms with Crippen LogP contribution in [0.2, 0.25) is 0 Å². The lowest BCUT2D eigenvalue weighted by Gasteiger charge is -2.36. The quantitative estimate of drug-likeness (QED) is 0.801. The van der Waals surface area contributed by atoms with E-state index < -0.39 is 0 Å². The molecule has 2 heterocycles. The number of hydrogen-bond donors (Lipinski definition) is 0. The lowest BCUT2D eigenvalue weighted by atomic mass is 9.96. The predicted octanol–water partition coefficient (Wildman–Crippen LogP) is 3.24. The standard InChI is InChI=1S/C17H23BrN2OS/c18-16-6-2-1-4-14(16)12-19-7-3-5-15(13-19)17(21)20-8-10-22-11-9-20/h1-2,4,6,15H,3,5,7-13H2. The first-order chi connectivity index (χ1) is 10.7. The van der Waals surface area contributed by atoms with Gasteiger partial charge in [-0.05, 0) is 31.0 Å². The molecule has 0 bridgehead atoms. The third-order valence-electron chi connectivity index (χ3n) is 4.53. The van der Waals surface area contributed by atoms with Gasteiger partial charge >= 0.3 is 0 Å². The summed E-state index contributed by atoms with van der Waals surface area (Å²) in [5, 5.41) is 0. The second kappa shape index (κ2) is 7.84. The Morgan fingerprint density at radius 2 is 2.00 bits per heavy atom. The van der Waals surface area contributed by atoms with Crippen molar-refractivity contribution in [2.75, 3.05) is 37.7 Å². The van der Waals surface area contributed by atoms with E-state index in [9.17, 15) is 4.79 Å². The minimum absolute atomic E-state index is 0.194. The van der Waals surface area contributed by atoms with Gasteiger partial charge in [0.2, 0.25) is 5.91 Å². The van der Waals surface area contributed by atoms with Crippen LogP contribution in [-0.4, -0.2) is 53.4 Å². The highest BCUT2D eigenvalue weighted by Gasteiger charge is 2.30. The molecule has 2 aliphatic rings. The minimum atomic E-state index is 0.194. The molecular formula is C17H23BrN2OS. The fourth-order valence-electron chi connectivity index (χ4n) is 3.31. The van der Waals surface area contributed by atoms with Crippen molar-refractivity contribution in [3.63, 3.8) is 0 Å². The van der Waals surface area contributed by atoms with Crippen molar-refractivity contribution in [2.24, 2.45) is 5.92 Å². The zero-order chi connectivity index (χ0) is 15.4. The van der Waals surface area contributed by atoms with Crippen LogP contribution in [-0.2, 0) is 11.3 Å². The molecule has 0 aromatic heterocycles. The van der Waals surface area contributed by atoms with Gasteiger partial charge in [-0.2, -0.15) is 11.8 Å². The largest absolute Gasteiger partial charge is 0.341 e. The molecule has 0 saturated carbocycles. The molecule has 0 N–H and O–H groups in total. The molecule has 0 spiro atoms. The maximum Gasteiger partial charge on any atom is 0.227 e. The maximum atomic E-state index is 12.7. The number of likely N-dealkylation sites (tertiary alicyclic amines) is 1. The average Bonchev–Trinajstić information content (AvgIpc) is 2.57. The SMILES string of the molecule is O=C(C1CCCN(Cc2ccccc2Br)C1)N1CCSCC1. The molecule has 1 atom stereocenters. The molecule has 2 saturated heterocycles. The molecule has 1 amide bonds. The second-order valence-electron chi connectivity index (χ2n) is 6.10. The van der Waals surface area contributed by atoms with Gasteiger partial charge in [0, 0.05) is 42.2 Å². The molecule has 3 rings (SSSR count). The van der Waals surface area contributed by atoms with Crippen molar-refractivity contribution >= 4 is 33.6 Å². The Balaban J connectivity index is 1.59. The predicted molar refractivity (Wildman–Crippen MR) is 96.0 cm³/mol. The highest BCUT2D eigenvalue weighted by atomic mass is 79.9. The summed E-state index contributed by atoms with van der Waals surface area (Å²) < 4.78 is 1.16. The number of carbonyl (C=O) groups excluding carboxylic acids is 1. The van der Waals surface area contributed by atoms with Crippen molar-refractivity contribution in [1.29, 1.82) is 0 Å². The van der Waals surface area contributed by atoms with Gasteiger partial charge in [0.25, 0.3) is 0 Å². The summed E-state index contributed by atoms with van der Waals surface area (Å²) in [5.74, 6) is 2.77. The van der Waals surface area contributed by atoms with Crippen LogP contribution in [0.15, 0.2) is 28.7 Å². The molecule has 1 aromatic rings. The first kappa shape index (κ1) is 16.3. The summed E-state index contributed by atoms with van der Waals surface area (Å²) in [5.41, 5.74) is 1.31. The van der Waals surface area contributed by atoms with E-state index in [1.54, 1.807) is 0 Å². The summed E-state index contributed by atoms with van der Waals surface area (Å²) in [6, 6.07) is 8.38. The zero-order valence-electron chi connectivity index (χ0n) is 12.8. The lowest BCUT2D eigenvalue weighted by molar-refractivity contribution is -0.137. The van der Waals surface area contributed by atoms with Crippen molar-refractivity contribution in [2.45, 2.75) is 19.4 Å². The fourth-order valence-corrected chi connectivity index (χ4v) is 4.62. The number of benzene rings is 1. The monoisotopic (exact) mass is 382 g/mol. The third kappa shape index (κ3) is 4.06. The van der Waals surface area contributed by atoms with Crippen LogP contribution >= 0.6 is 27.7 Å². The van der Waals surface area contributed by atoms with Crippen molar-refractivity contribution in [1.82, 2.24) is 9.80 Å².